The van der Waals surface area contributed by atoms with E-state index >= 15 is 0 Å². The van der Waals surface area contributed by atoms with Crippen molar-refractivity contribution in [2.45, 2.75) is 44.7 Å². The van der Waals surface area contributed by atoms with Gasteiger partial charge in [-0.25, -0.2) is 4.68 Å². The molecule has 4 heteroatoms. The van der Waals surface area contributed by atoms with Gasteiger partial charge in [-0.05, 0) is 38.7 Å². The van der Waals surface area contributed by atoms with Crippen molar-refractivity contribution in [3.8, 4) is 0 Å². The van der Waals surface area contributed by atoms with E-state index in [9.17, 15) is 4.79 Å². The molecule has 0 unspecified atom stereocenters. The first-order valence-electron chi connectivity index (χ1n) is 5.49. The average molecular weight is 207 g/mol. The molecule has 1 aliphatic rings. The molecule has 0 bridgehead atoms. The Morgan fingerprint density at radius 1 is 1.53 bits per heavy atom. The van der Waals surface area contributed by atoms with Gasteiger partial charge in [0.2, 0.25) is 0 Å². The summed E-state index contributed by atoms with van der Waals surface area (Å²) < 4.78 is 1.49. The van der Waals surface area contributed by atoms with Crippen LogP contribution >= 0.6 is 0 Å². The van der Waals surface area contributed by atoms with Crippen LogP contribution in [0.1, 0.15) is 31.9 Å². The summed E-state index contributed by atoms with van der Waals surface area (Å²) in [5, 5.41) is 4.27. The molecule has 0 aromatic carbocycles. The lowest BCUT2D eigenvalue weighted by Crippen LogP contribution is -2.25. The minimum Gasteiger partial charge on any atom is -0.325 e. The van der Waals surface area contributed by atoms with Gasteiger partial charge in [0, 0.05) is 18.2 Å². The molecule has 1 heterocycles. The zero-order valence-corrected chi connectivity index (χ0v) is 9.07. The van der Waals surface area contributed by atoms with Crippen molar-refractivity contribution in [1.29, 1.82) is 0 Å². The number of hydrogen-bond donors (Lipinski definition) is 1. The van der Waals surface area contributed by atoms with Gasteiger partial charge in [-0.1, -0.05) is 0 Å². The van der Waals surface area contributed by atoms with E-state index in [0.29, 0.717) is 6.54 Å². The molecule has 2 rings (SSSR count). The minimum atomic E-state index is -0.0323. The van der Waals surface area contributed by atoms with E-state index in [1.807, 2.05) is 6.92 Å². The molecule has 0 atom stereocenters. The van der Waals surface area contributed by atoms with Gasteiger partial charge in [0.25, 0.3) is 5.56 Å². The molecule has 1 fully saturated rings. The number of nitrogens with two attached hydrogens (primary N) is 1. The smallest absolute Gasteiger partial charge is 0.266 e. The summed E-state index contributed by atoms with van der Waals surface area (Å²) in [5.74, 6) is 0. The Bertz CT molecular complexity index is 407. The molecule has 82 valence electrons. The Balaban J connectivity index is 2.05. The monoisotopic (exact) mass is 207 g/mol. The van der Waals surface area contributed by atoms with E-state index in [1.54, 1.807) is 12.1 Å². The second kappa shape index (κ2) is 3.77. The molecule has 2 N–H and O–H groups in total. The first-order chi connectivity index (χ1) is 7.13. The van der Waals surface area contributed by atoms with Crippen molar-refractivity contribution in [3.63, 3.8) is 0 Å². The molecular formula is C11H17N3O. The predicted molar refractivity (Wildman–Crippen MR) is 58.6 cm³/mol. The van der Waals surface area contributed by atoms with Gasteiger partial charge in [-0.2, -0.15) is 5.10 Å². The molecule has 1 aromatic heterocycles. The zero-order chi connectivity index (χ0) is 10.9. The zero-order valence-electron chi connectivity index (χ0n) is 9.07. The highest BCUT2D eigenvalue weighted by Gasteiger charge is 2.37. The van der Waals surface area contributed by atoms with Gasteiger partial charge in [-0.15, -0.1) is 0 Å². The molecule has 0 amide bonds. The standard InChI is InChI=1S/C11H17N3O/c1-2-14-10(15)4-3-9(13-14)5-6-11(12)7-8-11/h3-4H,2,5-8,12H2,1H3. The van der Waals surface area contributed by atoms with E-state index in [0.717, 1.165) is 31.4 Å². The predicted octanol–water partition coefficient (Wildman–Crippen LogP) is 0.687. The Morgan fingerprint density at radius 3 is 2.87 bits per heavy atom. The SMILES string of the molecule is CCn1nc(CCC2(N)CC2)ccc1=O. The topological polar surface area (TPSA) is 60.9 Å². The first kappa shape index (κ1) is 10.4. The van der Waals surface area contributed by atoms with Crippen molar-refractivity contribution in [3.05, 3.63) is 28.2 Å². The maximum absolute atomic E-state index is 11.3. The van der Waals surface area contributed by atoms with Gasteiger partial charge >= 0.3 is 0 Å². The summed E-state index contributed by atoms with van der Waals surface area (Å²) in [6.07, 6.45) is 4.10. The fraction of sp³-hybridized carbons (Fsp3) is 0.636. The van der Waals surface area contributed by atoms with Crippen LogP contribution in [0.5, 0.6) is 0 Å². The second-order valence-electron chi connectivity index (χ2n) is 4.34. The van der Waals surface area contributed by atoms with Crippen LogP contribution in [0.15, 0.2) is 16.9 Å². The third kappa shape index (κ3) is 2.45. The number of hydrogen-bond acceptors (Lipinski definition) is 3. The second-order valence-corrected chi connectivity index (χ2v) is 4.34. The highest BCUT2D eigenvalue weighted by Crippen LogP contribution is 2.36. The lowest BCUT2D eigenvalue weighted by molar-refractivity contribution is 0.562. The van der Waals surface area contributed by atoms with Crippen molar-refractivity contribution < 1.29 is 0 Å². The van der Waals surface area contributed by atoms with Crippen LogP contribution in [0.25, 0.3) is 0 Å². The van der Waals surface area contributed by atoms with E-state index in [2.05, 4.69) is 5.10 Å². The van der Waals surface area contributed by atoms with E-state index < -0.39 is 0 Å². The Labute approximate surface area is 89.1 Å². The van der Waals surface area contributed by atoms with Crippen molar-refractivity contribution in [1.82, 2.24) is 9.78 Å². The summed E-state index contributed by atoms with van der Waals surface area (Å²) in [7, 11) is 0. The van der Waals surface area contributed by atoms with Crippen LogP contribution in [0, 0.1) is 0 Å². The van der Waals surface area contributed by atoms with Crippen molar-refractivity contribution in [2.75, 3.05) is 0 Å². The average Bonchev–Trinajstić information content (AvgIpc) is 2.96. The summed E-state index contributed by atoms with van der Waals surface area (Å²) >= 11 is 0. The first-order valence-corrected chi connectivity index (χ1v) is 5.49. The van der Waals surface area contributed by atoms with Crippen LogP contribution in [0.4, 0.5) is 0 Å². The van der Waals surface area contributed by atoms with Gasteiger partial charge in [-0.3, -0.25) is 4.79 Å². The van der Waals surface area contributed by atoms with Gasteiger partial charge in [0.05, 0.1) is 5.69 Å². The normalized spacial score (nSPS) is 17.7. The maximum atomic E-state index is 11.3. The lowest BCUT2D eigenvalue weighted by Gasteiger charge is -2.08. The Kier molecular flexibility index (Phi) is 2.61. The molecule has 0 saturated heterocycles. The maximum Gasteiger partial charge on any atom is 0.266 e. The number of aryl methyl sites for hydroxylation is 2. The van der Waals surface area contributed by atoms with Crippen LogP contribution in [0.2, 0.25) is 0 Å². The third-order valence-electron chi connectivity index (χ3n) is 2.99. The molecule has 0 radical (unpaired) electrons. The summed E-state index contributed by atoms with van der Waals surface area (Å²) in [5.41, 5.74) is 7.00. The van der Waals surface area contributed by atoms with Crippen molar-refractivity contribution >= 4 is 0 Å². The highest BCUT2D eigenvalue weighted by molar-refractivity contribution is 5.05. The molecule has 4 nitrogen and oxygen atoms in total. The van der Waals surface area contributed by atoms with E-state index in [4.69, 9.17) is 5.73 Å². The lowest BCUT2D eigenvalue weighted by atomic mass is 10.1. The van der Waals surface area contributed by atoms with Gasteiger partial charge in [0.15, 0.2) is 0 Å². The van der Waals surface area contributed by atoms with Gasteiger partial charge in [0.1, 0.15) is 0 Å². The molecule has 0 spiro atoms. The number of aromatic nitrogens is 2. The molecule has 0 aliphatic heterocycles. The fourth-order valence-corrected chi connectivity index (χ4v) is 1.64. The molecule has 15 heavy (non-hydrogen) atoms. The Morgan fingerprint density at radius 2 is 2.27 bits per heavy atom. The number of nitrogens with zero attached hydrogens (tertiary/aromatic N) is 2. The van der Waals surface area contributed by atoms with Crippen LogP contribution < -0.4 is 11.3 Å². The molecule has 1 aromatic rings. The number of rotatable bonds is 4. The molecule has 1 aliphatic carbocycles. The molecule has 1 saturated carbocycles. The largest absolute Gasteiger partial charge is 0.325 e. The molecular weight excluding hydrogens is 190 g/mol. The summed E-state index contributed by atoms with van der Waals surface area (Å²) in [6, 6.07) is 3.39. The van der Waals surface area contributed by atoms with E-state index in [-0.39, 0.29) is 11.1 Å². The van der Waals surface area contributed by atoms with Crippen LogP contribution in [0.3, 0.4) is 0 Å². The summed E-state index contributed by atoms with van der Waals surface area (Å²) in [4.78, 5) is 11.3. The van der Waals surface area contributed by atoms with E-state index in [1.165, 1.54) is 4.68 Å². The fourth-order valence-electron chi connectivity index (χ4n) is 1.64. The minimum absolute atomic E-state index is 0.0323. The van der Waals surface area contributed by atoms with Gasteiger partial charge < -0.3 is 5.73 Å². The highest BCUT2D eigenvalue weighted by atomic mass is 16.1. The summed E-state index contributed by atoms with van der Waals surface area (Å²) in [6.45, 7) is 2.55. The van der Waals surface area contributed by atoms with Crippen molar-refractivity contribution in [2.24, 2.45) is 5.73 Å². The van der Waals surface area contributed by atoms with Crippen LogP contribution in [-0.2, 0) is 13.0 Å². The quantitative estimate of drug-likeness (QED) is 0.790. The Hall–Kier alpha value is -1.16. The third-order valence-corrected chi connectivity index (χ3v) is 2.99. The van der Waals surface area contributed by atoms with Crippen LogP contribution in [-0.4, -0.2) is 15.3 Å².